The van der Waals surface area contributed by atoms with Crippen molar-refractivity contribution in [2.75, 3.05) is 7.11 Å². The Morgan fingerprint density at radius 3 is 2.27 bits per heavy atom. The third-order valence-corrected chi connectivity index (χ3v) is 5.95. The molecule has 0 aliphatic rings. The topological polar surface area (TPSA) is 70.1 Å². The SMILES string of the molecule is COc1ccccc1-n1c(-c2ccccc2)cnc1SC(C(N)=O)c1ccccc1. The molecular formula is C24H21N3O2S. The number of para-hydroxylation sites is 2. The van der Waals surface area contributed by atoms with Gasteiger partial charge in [0, 0.05) is 5.56 Å². The first-order valence-electron chi connectivity index (χ1n) is 9.46. The zero-order valence-corrected chi connectivity index (χ0v) is 17.3. The first-order valence-corrected chi connectivity index (χ1v) is 10.3. The van der Waals surface area contributed by atoms with Crippen molar-refractivity contribution in [2.45, 2.75) is 10.4 Å². The predicted octanol–water partition coefficient (Wildman–Crippen LogP) is 4.87. The van der Waals surface area contributed by atoms with Crippen LogP contribution < -0.4 is 10.5 Å². The first-order chi connectivity index (χ1) is 14.7. The van der Waals surface area contributed by atoms with Crippen molar-refractivity contribution in [3.05, 3.63) is 96.7 Å². The van der Waals surface area contributed by atoms with E-state index in [1.165, 1.54) is 11.8 Å². The quantitative estimate of drug-likeness (QED) is 0.437. The van der Waals surface area contributed by atoms with Crippen molar-refractivity contribution < 1.29 is 9.53 Å². The zero-order valence-electron chi connectivity index (χ0n) is 16.4. The fourth-order valence-corrected chi connectivity index (χ4v) is 4.34. The largest absolute Gasteiger partial charge is 0.495 e. The molecule has 1 amide bonds. The van der Waals surface area contributed by atoms with Crippen LogP contribution in [0.4, 0.5) is 0 Å². The number of primary amides is 1. The van der Waals surface area contributed by atoms with E-state index in [1.54, 1.807) is 7.11 Å². The van der Waals surface area contributed by atoms with E-state index >= 15 is 0 Å². The molecular weight excluding hydrogens is 394 g/mol. The molecule has 0 saturated carbocycles. The molecule has 1 heterocycles. The fourth-order valence-electron chi connectivity index (χ4n) is 3.30. The Morgan fingerprint density at radius 2 is 1.60 bits per heavy atom. The van der Waals surface area contributed by atoms with Gasteiger partial charge in [0.05, 0.1) is 24.7 Å². The smallest absolute Gasteiger partial charge is 0.235 e. The van der Waals surface area contributed by atoms with E-state index in [0.717, 1.165) is 22.5 Å². The Morgan fingerprint density at radius 1 is 0.967 bits per heavy atom. The van der Waals surface area contributed by atoms with Gasteiger partial charge in [0.2, 0.25) is 5.91 Å². The molecule has 30 heavy (non-hydrogen) atoms. The molecule has 1 atom stereocenters. The van der Waals surface area contributed by atoms with Crippen molar-refractivity contribution in [3.63, 3.8) is 0 Å². The summed E-state index contributed by atoms with van der Waals surface area (Å²) in [6.07, 6.45) is 1.81. The molecule has 3 aromatic carbocycles. The van der Waals surface area contributed by atoms with Crippen molar-refractivity contribution in [2.24, 2.45) is 5.73 Å². The number of carbonyl (C=O) groups excluding carboxylic acids is 1. The molecule has 150 valence electrons. The average Bonchev–Trinajstić information content (AvgIpc) is 3.21. The highest BCUT2D eigenvalue weighted by Crippen LogP contribution is 2.39. The number of carbonyl (C=O) groups is 1. The fraction of sp³-hybridized carbons (Fsp3) is 0.0833. The van der Waals surface area contributed by atoms with Gasteiger partial charge in [0.25, 0.3) is 0 Å². The number of hydrogen-bond acceptors (Lipinski definition) is 4. The average molecular weight is 416 g/mol. The maximum Gasteiger partial charge on any atom is 0.235 e. The summed E-state index contributed by atoms with van der Waals surface area (Å²) >= 11 is 1.33. The van der Waals surface area contributed by atoms with E-state index in [2.05, 4.69) is 4.98 Å². The molecule has 1 aromatic heterocycles. The van der Waals surface area contributed by atoms with Gasteiger partial charge in [-0.25, -0.2) is 4.98 Å². The van der Waals surface area contributed by atoms with Crippen LogP contribution in [0.25, 0.3) is 16.9 Å². The van der Waals surface area contributed by atoms with Crippen LogP contribution in [0.15, 0.2) is 96.3 Å². The molecule has 6 heteroatoms. The summed E-state index contributed by atoms with van der Waals surface area (Å²) < 4.78 is 7.61. The third-order valence-electron chi connectivity index (χ3n) is 4.71. The van der Waals surface area contributed by atoms with Gasteiger partial charge in [-0.05, 0) is 17.7 Å². The van der Waals surface area contributed by atoms with Crippen molar-refractivity contribution >= 4 is 17.7 Å². The van der Waals surface area contributed by atoms with Crippen LogP contribution in [-0.2, 0) is 4.79 Å². The minimum absolute atomic E-state index is 0.415. The lowest BCUT2D eigenvalue weighted by molar-refractivity contribution is -0.117. The Hall–Kier alpha value is -3.51. The number of hydrogen-bond donors (Lipinski definition) is 1. The molecule has 0 aliphatic carbocycles. The summed E-state index contributed by atoms with van der Waals surface area (Å²) in [7, 11) is 1.64. The van der Waals surface area contributed by atoms with Crippen LogP contribution >= 0.6 is 11.8 Å². The van der Waals surface area contributed by atoms with Crippen LogP contribution in [0.3, 0.4) is 0 Å². The van der Waals surface area contributed by atoms with Gasteiger partial charge in [-0.3, -0.25) is 9.36 Å². The number of imidazole rings is 1. The van der Waals surface area contributed by atoms with Gasteiger partial charge in [-0.15, -0.1) is 0 Å². The highest BCUT2D eigenvalue weighted by molar-refractivity contribution is 8.00. The van der Waals surface area contributed by atoms with Crippen molar-refractivity contribution in [1.82, 2.24) is 9.55 Å². The number of nitrogens with two attached hydrogens (primary N) is 1. The van der Waals surface area contributed by atoms with Gasteiger partial charge in [0.1, 0.15) is 11.0 Å². The molecule has 0 bridgehead atoms. The van der Waals surface area contributed by atoms with Crippen LogP contribution in [-0.4, -0.2) is 22.6 Å². The number of benzene rings is 3. The van der Waals surface area contributed by atoms with E-state index in [-0.39, 0.29) is 0 Å². The lowest BCUT2D eigenvalue weighted by atomic mass is 10.1. The molecule has 5 nitrogen and oxygen atoms in total. The Kier molecular flexibility index (Phi) is 5.86. The van der Waals surface area contributed by atoms with Crippen molar-refractivity contribution in [3.8, 4) is 22.7 Å². The lowest BCUT2D eigenvalue weighted by Gasteiger charge is -2.18. The number of methoxy groups -OCH3 is 1. The zero-order chi connectivity index (χ0) is 20.9. The summed E-state index contributed by atoms with van der Waals surface area (Å²) in [5.41, 5.74) is 9.35. The molecule has 0 saturated heterocycles. The molecule has 2 N–H and O–H groups in total. The van der Waals surface area contributed by atoms with E-state index in [9.17, 15) is 4.79 Å². The molecule has 4 aromatic rings. The second kappa shape index (κ2) is 8.88. The Bertz CT molecular complexity index is 1140. The Balaban J connectivity index is 1.86. The monoisotopic (exact) mass is 415 g/mol. The summed E-state index contributed by atoms with van der Waals surface area (Å²) in [4.78, 5) is 16.9. The lowest BCUT2D eigenvalue weighted by Crippen LogP contribution is -2.19. The van der Waals surface area contributed by atoms with Gasteiger partial charge in [0.15, 0.2) is 5.16 Å². The van der Waals surface area contributed by atoms with Crippen LogP contribution in [0.1, 0.15) is 10.8 Å². The second-order valence-electron chi connectivity index (χ2n) is 6.61. The number of thioether (sulfide) groups is 1. The molecule has 0 aliphatic heterocycles. The summed E-state index contributed by atoms with van der Waals surface area (Å²) in [5, 5.41) is 0.0942. The van der Waals surface area contributed by atoms with Gasteiger partial charge >= 0.3 is 0 Å². The third kappa shape index (κ3) is 3.95. The summed E-state index contributed by atoms with van der Waals surface area (Å²) in [6.45, 7) is 0. The number of amides is 1. The number of aromatic nitrogens is 2. The van der Waals surface area contributed by atoms with Crippen LogP contribution in [0.2, 0.25) is 0 Å². The Labute approximate surface area is 179 Å². The number of nitrogens with zero attached hydrogens (tertiary/aromatic N) is 2. The predicted molar refractivity (Wildman–Crippen MR) is 120 cm³/mol. The van der Waals surface area contributed by atoms with Crippen LogP contribution in [0, 0.1) is 0 Å². The van der Waals surface area contributed by atoms with Crippen molar-refractivity contribution in [1.29, 1.82) is 0 Å². The first kappa shape index (κ1) is 19.8. The molecule has 0 spiro atoms. The van der Waals surface area contributed by atoms with E-state index in [0.29, 0.717) is 10.9 Å². The highest BCUT2D eigenvalue weighted by atomic mass is 32.2. The minimum Gasteiger partial charge on any atom is -0.495 e. The molecule has 4 rings (SSSR count). The number of rotatable bonds is 7. The minimum atomic E-state index is -0.564. The van der Waals surface area contributed by atoms with Gasteiger partial charge < -0.3 is 10.5 Å². The normalized spacial score (nSPS) is 11.8. The van der Waals surface area contributed by atoms with E-state index in [4.69, 9.17) is 10.5 Å². The molecule has 0 fully saturated rings. The number of ether oxygens (including phenoxy) is 1. The van der Waals surface area contributed by atoms with Gasteiger partial charge in [-0.2, -0.15) is 0 Å². The molecule has 0 radical (unpaired) electrons. The van der Waals surface area contributed by atoms with Gasteiger partial charge in [-0.1, -0.05) is 84.6 Å². The maximum absolute atomic E-state index is 12.3. The van der Waals surface area contributed by atoms with Crippen LogP contribution in [0.5, 0.6) is 5.75 Å². The van der Waals surface area contributed by atoms with E-state index < -0.39 is 11.2 Å². The maximum atomic E-state index is 12.3. The standard InChI is InChI=1S/C24H21N3O2S/c1-29-21-15-9-8-14-19(21)27-20(17-10-4-2-5-11-17)16-26-24(27)30-22(23(25)28)18-12-6-3-7-13-18/h2-16,22H,1H3,(H2,25,28). The van der Waals surface area contributed by atoms with E-state index in [1.807, 2.05) is 95.7 Å². The summed E-state index contributed by atoms with van der Waals surface area (Å²) in [6, 6.07) is 27.2. The molecule has 1 unspecified atom stereocenters. The summed E-state index contributed by atoms with van der Waals surface area (Å²) in [5.74, 6) is 0.298. The highest BCUT2D eigenvalue weighted by Gasteiger charge is 2.24. The second-order valence-corrected chi connectivity index (χ2v) is 7.68.